The van der Waals surface area contributed by atoms with Crippen LogP contribution in [0.2, 0.25) is 0 Å². The number of thiol groups is 1. The Kier molecular flexibility index (Phi) is 6.61. The fraction of sp³-hybridized carbons (Fsp3) is 0.517. The van der Waals surface area contributed by atoms with E-state index in [1.807, 2.05) is 30.6 Å². The third kappa shape index (κ3) is 5.22. The number of aromatic nitrogens is 6. The van der Waals surface area contributed by atoms with Crippen LogP contribution in [0.4, 0.5) is 0 Å². The Balaban J connectivity index is 1.72. The van der Waals surface area contributed by atoms with Crippen LogP contribution in [0.25, 0.3) is 21.9 Å². The molecule has 1 unspecified atom stereocenters. The molecule has 4 aromatic heterocycles. The third-order valence-electron chi connectivity index (χ3n) is 6.70. The van der Waals surface area contributed by atoms with Crippen LogP contribution in [-0.2, 0) is 21.0 Å². The highest BCUT2D eigenvalue weighted by Gasteiger charge is 2.34. The van der Waals surface area contributed by atoms with Gasteiger partial charge in [0.1, 0.15) is 11.6 Å². The molecule has 0 aromatic carbocycles. The molecule has 190 valence electrons. The van der Waals surface area contributed by atoms with Crippen LogP contribution in [0.15, 0.2) is 36.8 Å². The molecule has 36 heavy (non-hydrogen) atoms. The van der Waals surface area contributed by atoms with Crippen LogP contribution in [-0.4, -0.2) is 29.9 Å². The van der Waals surface area contributed by atoms with Crippen molar-refractivity contribution in [2.75, 3.05) is 0 Å². The van der Waals surface area contributed by atoms with E-state index in [0.29, 0.717) is 5.65 Å². The lowest BCUT2D eigenvalue weighted by Gasteiger charge is -2.32. The van der Waals surface area contributed by atoms with Gasteiger partial charge in [-0.25, -0.2) is 24.9 Å². The molecular formula is C29H38N6S. The molecule has 0 aliphatic carbocycles. The molecule has 0 saturated carbocycles. The highest BCUT2D eigenvalue weighted by molar-refractivity contribution is 7.81. The Bertz CT molecular complexity index is 1410. The van der Waals surface area contributed by atoms with E-state index in [-0.39, 0.29) is 16.2 Å². The Morgan fingerprint density at radius 2 is 1.39 bits per heavy atom. The second-order valence-corrected chi connectivity index (χ2v) is 13.7. The zero-order chi connectivity index (χ0) is 26.5. The quantitative estimate of drug-likeness (QED) is 0.300. The van der Waals surface area contributed by atoms with Crippen molar-refractivity contribution in [2.24, 2.45) is 0 Å². The normalized spacial score (nSPS) is 14.8. The largest absolute Gasteiger partial charge is 0.262 e. The van der Waals surface area contributed by atoms with E-state index in [2.05, 4.69) is 72.3 Å². The maximum atomic E-state index is 5.18. The van der Waals surface area contributed by atoms with Crippen molar-refractivity contribution in [2.45, 2.75) is 96.1 Å². The SMILES string of the molecule is CC(C)(C)c1nc(C(C)(S)CCC(C)(C)c2nc(C(C)(C)C)c3ccncc3n2)c2cccnc2n1. The molecule has 0 N–H and O–H groups in total. The summed E-state index contributed by atoms with van der Waals surface area (Å²) in [6.07, 6.45) is 7.04. The van der Waals surface area contributed by atoms with Crippen molar-refractivity contribution in [3.63, 3.8) is 0 Å². The second-order valence-electron chi connectivity index (χ2n) is 12.7. The zero-order valence-corrected chi connectivity index (χ0v) is 23.9. The van der Waals surface area contributed by atoms with Gasteiger partial charge in [0.2, 0.25) is 0 Å². The molecule has 7 heteroatoms. The summed E-state index contributed by atoms with van der Waals surface area (Å²) in [4.78, 5) is 28.7. The van der Waals surface area contributed by atoms with E-state index in [1.165, 1.54) is 0 Å². The van der Waals surface area contributed by atoms with Gasteiger partial charge in [-0.2, -0.15) is 12.6 Å². The van der Waals surface area contributed by atoms with Crippen LogP contribution in [0, 0.1) is 0 Å². The lowest BCUT2D eigenvalue weighted by Crippen LogP contribution is -2.28. The molecule has 0 spiro atoms. The molecule has 0 bridgehead atoms. The van der Waals surface area contributed by atoms with Gasteiger partial charge in [-0.3, -0.25) is 4.98 Å². The van der Waals surface area contributed by atoms with Crippen molar-refractivity contribution >= 4 is 34.6 Å². The Hall–Kier alpha value is -2.67. The van der Waals surface area contributed by atoms with E-state index in [0.717, 1.165) is 52.2 Å². The average Bonchev–Trinajstić information content (AvgIpc) is 2.80. The predicted octanol–water partition coefficient (Wildman–Crippen LogP) is 6.86. The van der Waals surface area contributed by atoms with Gasteiger partial charge in [-0.1, -0.05) is 55.4 Å². The first-order chi connectivity index (χ1) is 16.6. The fourth-order valence-electron chi connectivity index (χ4n) is 4.35. The average molecular weight is 503 g/mol. The Morgan fingerprint density at radius 3 is 2.06 bits per heavy atom. The van der Waals surface area contributed by atoms with Gasteiger partial charge >= 0.3 is 0 Å². The number of hydrogen-bond donors (Lipinski definition) is 1. The molecule has 0 amide bonds. The molecule has 4 rings (SSSR count). The molecule has 4 heterocycles. The summed E-state index contributed by atoms with van der Waals surface area (Å²) in [7, 11) is 0. The first-order valence-electron chi connectivity index (χ1n) is 12.6. The van der Waals surface area contributed by atoms with Crippen molar-refractivity contribution in [3.8, 4) is 0 Å². The Morgan fingerprint density at radius 1 is 0.694 bits per heavy atom. The van der Waals surface area contributed by atoms with Gasteiger partial charge in [0.05, 0.1) is 27.8 Å². The smallest absolute Gasteiger partial charge is 0.163 e. The molecule has 1 atom stereocenters. The van der Waals surface area contributed by atoms with E-state index in [9.17, 15) is 0 Å². The number of nitrogens with zero attached hydrogens (tertiary/aromatic N) is 6. The summed E-state index contributed by atoms with van der Waals surface area (Å²) >= 11 is 5.18. The summed E-state index contributed by atoms with van der Waals surface area (Å²) in [6, 6.07) is 5.99. The molecule has 4 aromatic rings. The number of rotatable bonds is 5. The second kappa shape index (κ2) is 9.02. The molecule has 0 saturated heterocycles. The van der Waals surface area contributed by atoms with Gasteiger partial charge < -0.3 is 0 Å². The minimum absolute atomic E-state index is 0.109. The van der Waals surface area contributed by atoms with Crippen molar-refractivity contribution in [1.29, 1.82) is 0 Å². The summed E-state index contributed by atoms with van der Waals surface area (Å²) in [6.45, 7) is 19.5. The maximum absolute atomic E-state index is 5.18. The van der Waals surface area contributed by atoms with Gasteiger partial charge in [0, 0.05) is 39.4 Å². The minimum Gasteiger partial charge on any atom is -0.262 e. The summed E-state index contributed by atoms with van der Waals surface area (Å²) in [5.41, 5.74) is 2.99. The summed E-state index contributed by atoms with van der Waals surface area (Å²) in [5.74, 6) is 1.62. The van der Waals surface area contributed by atoms with E-state index in [4.69, 9.17) is 32.6 Å². The van der Waals surface area contributed by atoms with E-state index in [1.54, 1.807) is 6.20 Å². The van der Waals surface area contributed by atoms with E-state index < -0.39 is 4.75 Å². The lowest BCUT2D eigenvalue weighted by atomic mass is 9.81. The topological polar surface area (TPSA) is 77.3 Å². The van der Waals surface area contributed by atoms with Crippen LogP contribution in [0.5, 0.6) is 0 Å². The summed E-state index contributed by atoms with van der Waals surface area (Å²) in [5, 5.41) is 2.01. The monoisotopic (exact) mass is 502 g/mol. The van der Waals surface area contributed by atoms with Crippen LogP contribution in [0.1, 0.15) is 98.2 Å². The molecule has 6 nitrogen and oxygen atoms in total. The van der Waals surface area contributed by atoms with Gasteiger partial charge in [0.25, 0.3) is 0 Å². The molecule has 0 radical (unpaired) electrons. The van der Waals surface area contributed by atoms with Crippen LogP contribution < -0.4 is 0 Å². The molecule has 0 aliphatic heterocycles. The standard InChI is InChI=1S/C29H38N6S/c1-26(2,3)21-18-12-16-30-17-20(18)32-25(33-21)28(7,8)13-14-29(9,36)22-19-11-10-15-31-23(19)35-24(34-22)27(4,5)6/h10-12,15-17,36H,13-14H2,1-9H3. The number of pyridine rings is 2. The predicted molar refractivity (Wildman–Crippen MR) is 151 cm³/mol. The highest BCUT2D eigenvalue weighted by Crippen LogP contribution is 2.41. The van der Waals surface area contributed by atoms with Gasteiger partial charge in [-0.15, -0.1) is 0 Å². The molecule has 0 fully saturated rings. The minimum atomic E-state index is -0.493. The lowest BCUT2D eigenvalue weighted by molar-refractivity contribution is 0.400. The van der Waals surface area contributed by atoms with Crippen molar-refractivity contribution in [3.05, 3.63) is 59.8 Å². The van der Waals surface area contributed by atoms with Crippen molar-refractivity contribution < 1.29 is 0 Å². The zero-order valence-electron chi connectivity index (χ0n) is 23.0. The van der Waals surface area contributed by atoms with Gasteiger partial charge in [0.15, 0.2) is 5.65 Å². The number of hydrogen-bond acceptors (Lipinski definition) is 7. The number of fused-ring (bicyclic) bond motifs is 2. The van der Waals surface area contributed by atoms with E-state index >= 15 is 0 Å². The first kappa shape index (κ1) is 26.4. The Labute approximate surface area is 220 Å². The molecular weight excluding hydrogens is 464 g/mol. The summed E-state index contributed by atoms with van der Waals surface area (Å²) < 4.78 is -0.493. The van der Waals surface area contributed by atoms with Gasteiger partial charge in [-0.05, 0) is 38.0 Å². The maximum Gasteiger partial charge on any atom is 0.163 e. The van der Waals surface area contributed by atoms with Crippen LogP contribution >= 0.6 is 12.6 Å². The molecule has 0 aliphatic rings. The van der Waals surface area contributed by atoms with Crippen LogP contribution in [0.3, 0.4) is 0 Å². The third-order valence-corrected chi connectivity index (χ3v) is 7.14. The highest BCUT2D eigenvalue weighted by atomic mass is 32.1. The first-order valence-corrected chi connectivity index (χ1v) is 13.0. The van der Waals surface area contributed by atoms with Crippen molar-refractivity contribution in [1.82, 2.24) is 29.9 Å². The fourth-order valence-corrected chi connectivity index (χ4v) is 4.63.